The lowest BCUT2D eigenvalue weighted by Gasteiger charge is -2.25. The van der Waals surface area contributed by atoms with Crippen LogP contribution in [0.5, 0.6) is 0 Å². The van der Waals surface area contributed by atoms with Gasteiger partial charge in [-0.25, -0.2) is 8.42 Å². The van der Waals surface area contributed by atoms with Gasteiger partial charge in [0.1, 0.15) is 0 Å². The molecule has 0 aliphatic carbocycles. The van der Waals surface area contributed by atoms with E-state index in [0.29, 0.717) is 0 Å². The van der Waals surface area contributed by atoms with Crippen molar-refractivity contribution in [3.63, 3.8) is 0 Å². The fourth-order valence-electron chi connectivity index (χ4n) is 1.67. The second kappa shape index (κ2) is 6.14. The van der Waals surface area contributed by atoms with E-state index >= 15 is 0 Å². The molecule has 4 nitrogen and oxygen atoms in total. The van der Waals surface area contributed by atoms with Gasteiger partial charge in [-0.15, -0.1) is 0 Å². The first kappa shape index (κ1) is 15.6. The van der Waals surface area contributed by atoms with Crippen molar-refractivity contribution in [3.05, 3.63) is 28.2 Å². The van der Waals surface area contributed by atoms with E-state index in [1.54, 1.807) is 32.0 Å². The molecule has 1 aromatic carbocycles. The number of nitrogens with zero attached hydrogens (tertiary/aromatic N) is 1. The molecule has 0 aliphatic heterocycles. The summed E-state index contributed by atoms with van der Waals surface area (Å²) in [5.74, 6) is 0. The van der Waals surface area contributed by atoms with Crippen LogP contribution in [0.25, 0.3) is 0 Å². The summed E-state index contributed by atoms with van der Waals surface area (Å²) in [5, 5.41) is 8.98. The predicted octanol–water partition coefficient (Wildman–Crippen LogP) is 2.15. The van der Waals surface area contributed by atoms with Crippen molar-refractivity contribution in [3.8, 4) is 0 Å². The maximum Gasteiger partial charge on any atom is 0.243 e. The third-order valence-electron chi connectivity index (χ3n) is 2.63. The molecule has 0 saturated heterocycles. The molecule has 102 valence electrons. The summed E-state index contributed by atoms with van der Waals surface area (Å²) in [7, 11) is -3.55. The van der Waals surface area contributed by atoms with Crippen LogP contribution in [0.15, 0.2) is 27.6 Å². The first-order valence-electron chi connectivity index (χ1n) is 5.69. The van der Waals surface area contributed by atoms with Crippen LogP contribution >= 0.6 is 15.9 Å². The van der Waals surface area contributed by atoms with E-state index < -0.39 is 10.0 Å². The van der Waals surface area contributed by atoms with Crippen molar-refractivity contribution in [2.75, 3.05) is 13.2 Å². The van der Waals surface area contributed by atoms with E-state index in [9.17, 15) is 8.42 Å². The number of hydrogen-bond acceptors (Lipinski definition) is 3. The lowest BCUT2D eigenvalue weighted by Crippen LogP contribution is -2.38. The molecule has 0 radical (unpaired) electrons. The fraction of sp³-hybridized carbons (Fsp3) is 0.500. The smallest absolute Gasteiger partial charge is 0.243 e. The number of sulfonamides is 1. The summed E-state index contributed by atoms with van der Waals surface area (Å²) in [6.07, 6.45) is 0. The molecule has 0 spiro atoms. The van der Waals surface area contributed by atoms with Crippen LogP contribution in [0.4, 0.5) is 0 Å². The van der Waals surface area contributed by atoms with Crippen LogP contribution in [0.3, 0.4) is 0 Å². The van der Waals surface area contributed by atoms with Crippen LogP contribution < -0.4 is 0 Å². The van der Waals surface area contributed by atoms with Gasteiger partial charge in [-0.3, -0.25) is 0 Å². The van der Waals surface area contributed by atoms with Crippen LogP contribution in [-0.4, -0.2) is 37.0 Å². The number of aryl methyl sites for hydroxylation is 1. The molecule has 0 atom stereocenters. The Bertz CT molecular complexity index is 514. The molecule has 0 amide bonds. The second-order valence-electron chi connectivity index (χ2n) is 4.34. The Morgan fingerprint density at radius 3 is 2.44 bits per heavy atom. The lowest BCUT2D eigenvalue weighted by molar-refractivity contribution is 0.236. The molecule has 1 N–H and O–H groups in total. The van der Waals surface area contributed by atoms with Crippen LogP contribution in [-0.2, 0) is 10.0 Å². The van der Waals surface area contributed by atoms with Crippen LogP contribution in [0, 0.1) is 6.92 Å². The summed E-state index contributed by atoms with van der Waals surface area (Å²) in [6, 6.07) is 4.73. The van der Waals surface area contributed by atoms with E-state index in [0.717, 1.165) is 10.0 Å². The van der Waals surface area contributed by atoms with E-state index in [-0.39, 0.29) is 24.1 Å². The number of benzene rings is 1. The molecule has 0 bridgehead atoms. The number of halogens is 1. The lowest BCUT2D eigenvalue weighted by atomic mass is 10.2. The highest BCUT2D eigenvalue weighted by Crippen LogP contribution is 2.23. The van der Waals surface area contributed by atoms with Crippen LogP contribution in [0.1, 0.15) is 19.4 Å². The monoisotopic (exact) mass is 335 g/mol. The number of rotatable bonds is 5. The molecule has 0 aliphatic rings. The van der Waals surface area contributed by atoms with Crippen molar-refractivity contribution in [1.29, 1.82) is 0 Å². The number of aliphatic hydroxyl groups excluding tert-OH is 1. The normalized spacial score (nSPS) is 12.4. The largest absolute Gasteiger partial charge is 0.395 e. The maximum atomic E-state index is 12.4. The zero-order chi connectivity index (χ0) is 13.9. The molecule has 1 aromatic rings. The highest BCUT2D eigenvalue weighted by atomic mass is 79.9. The Morgan fingerprint density at radius 1 is 1.39 bits per heavy atom. The van der Waals surface area contributed by atoms with Gasteiger partial charge < -0.3 is 5.11 Å². The molecule has 0 saturated carbocycles. The number of hydrogen-bond donors (Lipinski definition) is 1. The van der Waals surface area contributed by atoms with Crippen molar-refractivity contribution in [2.24, 2.45) is 0 Å². The van der Waals surface area contributed by atoms with Crippen molar-refractivity contribution >= 4 is 26.0 Å². The summed E-state index contributed by atoms with van der Waals surface area (Å²) < 4.78 is 27.0. The average molecular weight is 336 g/mol. The van der Waals surface area contributed by atoms with Gasteiger partial charge in [0, 0.05) is 17.1 Å². The zero-order valence-corrected chi connectivity index (χ0v) is 13.1. The minimum Gasteiger partial charge on any atom is -0.395 e. The van der Waals surface area contributed by atoms with E-state index in [1.807, 2.05) is 6.92 Å². The third kappa shape index (κ3) is 3.32. The van der Waals surface area contributed by atoms with Gasteiger partial charge in [0.25, 0.3) is 0 Å². The Balaban J connectivity index is 3.22. The summed E-state index contributed by atoms with van der Waals surface area (Å²) in [6.45, 7) is 5.34. The van der Waals surface area contributed by atoms with Crippen LogP contribution in [0.2, 0.25) is 0 Å². The van der Waals surface area contributed by atoms with E-state index in [2.05, 4.69) is 15.9 Å². The molecule has 0 heterocycles. The van der Waals surface area contributed by atoms with E-state index in [4.69, 9.17) is 5.11 Å². The van der Waals surface area contributed by atoms with E-state index in [1.165, 1.54) is 4.31 Å². The second-order valence-corrected chi connectivity index (χ2v) is 7.09. The zero-order valence-electron chi connectivity index (χ0n) is 10.7. The standard InChI is InChI=1S/C12H18BrNO3S/c1-9(2)14(6-7-15)18(16,17)11-4-5-12(13)10(3)8-11/h4-5,8-9,15H,6-7H2,1-3H3. The van der Waals surface area contributed by atoms with Gasteiger partial charge >= 0.3 is 0 Å². The third-order valence-corrected chi connectivity index (χ3v) is 5.59. The fourth-order valence-corrected chi connectivity index (χ4v) is 3.63. The molecule has 18 heavy (non-hydrogen) atoms. The predicted molar refractivity (Wildman–Crippen MR) is 75.0 cm³/mol. The SMILES string of the molecule is Cc1cc(S(=O)(=O)N(CCO)C(C)C)ccc1Br. The summed E-state index contributed by atoms with van der Waals surface area (Å²) in [4.78, 5) is 0.255. The first-order chi connectivity index (χ1) is 8.30. The van der Waals surface area contributed by atoms with Gasteiger partial charge in [-0.05, 0) is 44.5 Å². The molecule has 0 fully saturated rings. The molecule has 0 aromatic heterocycles. The Morgan fingerprint density at radius 2 is 2.00 bits per heavy atom. The minimum absolute atomic E-state index is 0.106. The molecule has 0 unspecified atom stereocenters. The minimum atomic E-state index is -3.55. The van der Waals surface area contributed by atoms with Gasteiger partial charge in [-0.1, -0.05) is 15.9 Å². The summed E-state index contributed by atoms with van der Waals surface area (Å²) in [5.41, 5.74) is 0.865. The maximum absolute atomic E-state index is 12.4. The van der Waals surface area contributed by atoms with Gasteiger partial charge in [-0.2, -0.15) is 4.31 Å². The van der Waals surface area contributed by atoms with Crippen molar-refractivity contribution in [1.82, 2.24) is 4.31 Å². The Kier molecular flexibility index (Phi) is 5.33. The Labute approximate surface area is 117 Å². The van der Waals surface area contributed by atoms with Crippen molar-refractivity contribution in [2.45, 2.75) is 31.7 Å². The highest BCUT2D eigenvalue weighted by Gasteiger charge is 2.26. The average Bonchev–Trinajstić information content (AvgIpc) is 2.28. The highest BCUT2D eigenvalue weighted by molar-refractivity contribution is 9.10. The molecular formula is C12H18BrNO3S. The quantitative estimate of drug-likeness (QED) is 0.896. The van der Waals surface area contributed by atoms with Crippen molar-refractivity contribution < 1.29 is 13.5 Å². The first-order valence-corrected chi connectivity index (χ1v) is 7.93. The van der Waals surface area contributed by atoms with Gasteiger partial charge in [0.2, 0.25) is 10.0 Å². The number of aliphatic hydroxyl groups is 1. The van der Waals surface area contributed by atoms with Gasteiger partial charge in [0.05, 0.1) is 11.5 Å². The molecule has 1 rings (SSSR count). The Hall–Kier alpha value is -0.430. The summed E-state index contributed by atoms with van der Waals surface area (Å²) >= 11 is 3.34. The molecular weight excluding hydrogens is 318 g/mol. The van der Waals surface area contributed by atoms with Gasteiger partial charge in [0.15, 0.2) is 0 Å². The molecule has 6 heteroatoms. The topological polar surface area (TPSA) is 57.6 Å².